The van der Waals surface area contributed by atoms with E-state index in [9.17, 15) is 22.8 Å². The highest BCUT2D eigenvalue weighted by Gasteiger charge is 2.38. The highest BCUT2D eigenvalue weighted by Crippen LogP contribution is 2.26. The van der Waals surface area contributed by atoms with Gasteiger partial charge in [0.05, 0.1) is 13.1 Å². The van der Waals surface area contributed by atoms with Gasteiger partial charge in [-0.2, -0.15) is 13.2 Å². The van der Waals surface area contributed by atoms with Crippen LogP contribution >= 0.6 is 0 Å². The summed E-state index contributed by atoms with van der Waals surface area (Å²) in [7, 11) is 0. The van der Waals surface area contributed by atoms with Crippen molar-refractivity contribution in [2.45, 2.75) is 31.6 Å². The van der Waals surface area contributed by atoms with Crippen molar-refractivity contribution in [2.75, 3.05) is 18.0 Å². The average molecular weight is 329 g/mol. The molecular formula is C15H18F3N3O2. The monoisotopic (exact) mass is 329 g/mol. The van der Waals surface area contributed by atoms with Crippen LogP contribution in [0.1, 0.15) is 13.3 Å². The number of rotatable bonds is 5. The molecule has 1 aliphatic heterocycles. The summed E-state index contributed by atoms with van der Waals surface area (Å²) < 4.78 is 36.0. The maximum absolute atomic E-state index is 12.4. The van der Waals surface area contributed by atoms with Gasteiger partial charge >= 0.3 is 6.18 Å². The third kappa shape index (κ3) is 4.69. The Hall–Kier alpha value is -2.09. The molecule has 0 aliphatic carbocycles. The SMILES string of the molecule is C[C@H]1C[C@@H](NC(=O)CNCC(F)(F)F)C(=O)N1c1ccccc1. The van der Waals surface area contributed by atoms with Crippen LogP contribution in [0.25, 0.3) is 0 Å². The zero-order valence-corrected chi connectivity index (χ0v) is 12.6. The van der Waals surface area contributed by atoms with Crippen molar-refractivity contribution in [1.29, 1.82) is 0 Å². The molecule has 1 saturated heterocycles. The molecular weight excluding hydrogens is 311 g/mol. The molecule has 1 fully saturated rings. The molecule has 2 amide bonds. The molecule has 1 aromatic carbocycles. The fourth-order valence-electron chi connectivity index (χ4n) is 2.59. The Balaban J connectivity index is 1.90. The Kier molecular flexibility index (Phi) is 5.25. The zero-order chi connectivity index (χ0) is 17.0. The van der Waals surface area contributed by atoms with Crippen LogP contribution in [-0.2, 0) is 9.59 Å². The van der Waals surface area contributed by atoms with Gasteiger partial charge in [0.25, 0.3) is 0 Å². The average Bonchev–Trinajstić information content (AvgIpc) is 2.73. The van der Waals surface area contributed by atoms with Crippen molar-refractivity contribution in [3.8, 4) is 0 Å². The molecule has 1 heterocycles. The number of anilines is 1. The first-order valence-electron chi connectivity index (χ1n) is 7.23. The standard InChI is InChI=1S/C15H18F3N3O2/c1-10-7-12(20-13(22)8-19-9-15(16,17)18)14(23)21(10)11-5-3-2-4-6-11/h2-6,10,12,19H,7-9H2,1H3,(H,20,22)/t10-,12+/m0/s1. The van der Waals surface area contributed by atoms with E-state index in [0.717, 1.165) is 5.69 Å². The molecule has 2 rings (SSSR count). The van der Waals surface area contributed by atoms with Crippen LogP contribution in [0, 0.1) is 0 Å². The van der Waals surface area contributed by atoms with Crippen LogP contribution in [-0.4, -0.2) is 43.2 Å². The van der Waals surface area contributed by atoms with E-state index in [0.29, 0.717) is 6.42 Å². The maximum atomic E-state index is 12.4. The molecule has 126 valence electrons. The van der Waals surface area contributed by atoms with Gasteiger partial charge in [0, 0.05) is 11.7 Å². The molecule has 1 aromatic rings. The van der Waals surface area contributed by atoms with E-state index < -0.39 is 31.2 Å². The summed E-state index contributed by atoms with van der Waals surface area (Å²) in [5.41, 5.74) is 0.733. The minimum absolute atomic E-state index is 0.0988. The lowest BCUT2D eigenvalue weighted by molar-refractivity contribution is -0.130. The molecule has 5 nitrogen and oxygen atoms in total. The van der Waals surface area contributed by atoms with Gasteiger partial charge in [0.1, 0.15) is 6.04 Å². The summed E-state index contributed by atoms with van der Waals surface area (Å²) in [5.74, 6) is -0.886. The largest absolute Gasteiger partial charge is 0.401 e. The van der Waals surface area contributed by atoms with Gasteiger partial charge in [-0.25, -0.2) is 0 Å². The van der Waals surface area contributed by atoms with Gasteiger partial charge in [-0.3, -0.25) is 9.59 Å². The fourth-order valence-corrected chi connectivity index (χ4v) is 2.59. The van der Waals surface area contributed by atoms with Gasteiger partial charge < -0.3 is 15.5 Å². The Labute approximate surface area is 131 Å². The summed E-state index contributed by atoms with van der Waals surface area (Å²) >= 11 is 0. The molecule has 0 unspecified atom stereocenters. The lowest BCUT2D eigenvalue weighted by Gasteiger charge is -2.21. The lowest BCUT2D eigenvalue weighted by atomic mass is 10.2. The highest BCUT2D eigenvalue weighted by molar-refractivity contribution is 6.02. The first-order chi connectivity index (χ1) is 10.8. The normalized spacial score (nSPS) is 21.6. The molecule has 0 radical (unpaired) electrons. The molecule has 23 heavy (non-hydrogen) atoms. The zero-order valence-electron chi connectivity index (χ0n) is 12.6. The van der Waals surface area contributed by atoms with Gasteiger partial charge in [0.15, 0.2) is 0 Å². The minimum Gasteiger partial charge on any atom is -0.343 e. The van der Waals surface area contributed by atoms with E-state index in [-0.39, 0.29) is 11.9 Å². The molecule has 2 atom stereocenters. The summed E-state index contributed by atoms with van der Waals surface area (Å²) in [5, 5.41) is 4.49. The Morgan fingerprint density at radius 2 is 1.96 bits per heavy atom. The molecule has 0 aromatic heterocycles. The predicted octanol–water partition coefficient (Wildman–Crippen LogP) is 1.45. The van der Waals surface area contributed by atoms with Crippen molar-refractivity contribution in [1.82, 2.24) is 10.6 Å². The van der Waals surface area contributed by atoms with Gasteiger partial charge in [-0.05, 0) is 25.5 Å². The summed E-state index contributed by atoms with van der Waals surface area (Å²) in [4.78, 5) is 25.7. The van der Waals surface area contributed by atoms with Crippen LogP contribution in [0.4, 0.5) is 18.9 Å². The van der Waals surface area contributed by atoms with E-state index in [1.807, 2.05) is 30.4 Å². The first kappa shape index (κ1) is 17.3. The van der Waals surface area contributed by atoms with Crippen molar-refractivity contribution in [3.05, 3.63) is 30.3 Å². The third-order valence-electron chi connectivity index (χ3n) is 3.53. The number of benzene rings is 1. The Morgan fingerprint density at radius 1 is 1.30 bits per heavy atom. The number of para-hydroxylation sites is 1. The fraction of sp³-hybridized carbons (Fsp3) is 0.467. The number of nitrogens with one attached hydrogen (secondary N) is 2. The number of nitrogens with zero attached hydrogens (tertiary/aromatic N) is 1. The molecule has 0 bridgehead atoms. The van der Waals surface area contributed by atoms with Crippen LogP contribution in [0.15, 0.2) is 30.3 Å². The quantitative estimate of drug-likeness (QED) is 0.859. The molecule has 2 N–H and O–H groups in total. The van der Waals surface area contributed by atoms with Crippen molar-refractivity contribution in [3.63, 3.8) is 0 Å². The van der Waals surface area contributed by atoms with E-state index >= 15 is 0 Å². The smallest absolute Gasteiger partial charge is 0.343 e. The highest BCUT2D eigenvalue weighted by atomic mass is 19.4. The number of alkyl halides is 3. The number of carbonyl (C=O) groups excluding carboxylic acids is 2. The van der Waals surface area contributed by atoms with Crippen LogP contribution in [0.3, 0.4) is 0 Å². The topological polar surface area (TPSA) is 61.4 Å². The minimum atomic E-state index is -4.37. The van der Waals surface area contributed by atoms with E-state index in [4.69, 9.17) is 0 Å². The van der Waals surface area contributed by atoms with Crippen molar-refractivity contribution < 1.29 is 22.8 Å². The van der Waals surface area contributed by atoms with Crippen LogP contribution in [0.2, 0.25) is 0 Å². The van der Waals surface area contributed by atoms with Crippen LogP contribution < -0.4 is 15.5 Å². The summed E-state index contributed by atoms with van der Waals surface area (Å²) in [6, 6.07) is 8.22. The number of halogens is 3. The van der Waals surface area contributed by atoms with E-state index in [1.54, 1.807) is 17.0 Å². The number of hydrogen-bond donors (Lipinski definition) is 2. The molecule has 0 spiro atoms. The second kappa shape index (κ2) is 6.99. The third-order valence-corrected chi connectivity index (χ3v) is 3.53. The van der Waals surface area contributed by atoms with Gasteiger partial charge in [0.2, 0.25) is 11.8 Å². The summed E-state index contributed by atoms with van der Waals surface area (Å²) in [6.45, 7) is 0.132. The second-order valence-corrected chi connectivity index (χ2v) is 5.47. The van der Waals surface area contributed by atoms with E-state index in [2.05, 4.69) is 5.32 Å². The van der Waals surface area contributed by atoms with Crippen molar-refractivity contribution in [2.24, 2.45) is 0 Å². The van der Waals surface area contributed by atoms with E-state index in [1.165, 1.54) is 0 Å². The Morgan fingerprint density at radius 3 is 2.57 bits per heavy atom. The Bertz CT molecular complexity index is 563. The number of amides is 2. The maximum Gasteiger partial charge on any atom is 0.401 e. The van der Waals surface area contributed by atoms with Gasteiger partial charge in [-0.1, -0.05) is 18.2 Å². The van der Waals surface area contributed by atoms with Crippen molar-refractivity contribution >= 4 is 17.5 Å². The molecule has 0 saturated carbocycles. The lowest BCUT2D eigenvalue weighted by Crippen LogP contribution is -2.46. The summed E-state index contributed by atoms with van der Waals surface area (Å²) in [6.07, 6.45) is -3.96. The molecule has 8 heteroatoms. The predicted molar refractivity (Wildman–Crippen MR) is 78.9 cm³/mol. The van der Waals surface area contributed by atoms with Gasteiger partial charge in [-0.15, -0.1) is 0 Å². The van der Waals surface area contributed by atoms with Crippen LogP contribution in [0.5, 0.6) is 0 Å². The number of carbonyl (C=O) groups is 2. The molecule has 1 aliphatic rings. The first-order valence-corrected chi connectivity index (χ1v) is 7.23. The second-order valence-electron chi connectivity index (χ2n) is 5.47. The number of hydrogen-bond acceptors (Lipinski definition) is 3.